The topological polar surface area (TPSA) is 84.6 Å². The van der Waals surface area contributed by atoms with Gasteiger partial charge in [0.25, 0.3) is 11.1 Å². The highest BCUT2D eigenvalue weighted by atomic mass is 35.5. The van der Waals surface area contributed by atoms with E-state index in [9.17, 15) is 9.59 Å². The first kappa shape index (κ1) is 24.4. The molecule has 0 amide bonds. The highest BCUT2D eigenvalue weighted by Crippen LogP contribution is 2.27. The number of likely N-dealkylation sites (N-methyl/N-ethyl adjacent to an activating group) is 1. The Morgan fingerprint density at radius 2 is 2.00 bits per heavy atom. The molecule has 0 saturated carbocycles. The van der Waals surface area contributed by atoms with Crippen molar-refractivity contribution < 1.29 is 4.74 Å². The molecule has 9 heteroatoms. The van der Waals surface area contributed by atoms with Gasteiger partial charge in [-0.3, -0.25) is 24.4 Å². The number of H-pyrrole nitrogens is 1. The lowest BCUT2D eigenvalue weighted by Crippen LogP contribution is -2.30. The van der Waals surface area contributed by atoms with E-state index in [4.69, 9.17) is 16.3 Å². The molecule has 0 spiro atoms. The summed E-state index contributed by atoms with van der Waals surface area (Å²) >= 11 is 6.08. The summed E-state index contributed by atoms with van der Waals surface area (Å²) in [6.45, 7) is 9.85. The summed E-state index contributed by atoms with van der Waals surface area (Å²) in [7, 11) is 3.62. The molecule has 8 nitrogen and oxygen atoms in total. The van der Waals surface area contributed by atoms with Gasteiger partial charge in [0, 0.05) is 31.3 Å². The summed E-state index contributed by atoms with van der Waals surface area (Å²) in [4.78, 5) is 32.6. The standard InChI is InChI=1S/C24H28ClN5O3/c1-5-6-19(26-2)16-29-21(31)15-20-22(23(29)17-7-9-18(25)10-8-17)24(32)30(27-20)12-11-28(3)13-14-33-4/h5-10,15,27H,1-2,11-14,16H2,3-4H3/b19-6-. The Morgan fingerprint density at radius 3 is 2.64 bits per heavy atom. The van der Waals surface area contributed by atoms with Crippen molar-refractivity contribution in [2.75, 3.05) is 33.9 Å². The van der Waals surface area contributed by atoms with E-state index in [0.717, 1.165) is 6.54 Å². The number of nitrogens with zero attached hydrogens (tertiary/aromatic N) is 4. The molecule has 3 rings (SSSR count). The highest BCUT2D eigenvalue weighted by molar-refractivity contribution is 6.30. The second-order valence-electron chi connectivity index (χ2n) is 7.63. The highest BCUT2D eigenvalue weighted by Gasteiger charge is 2.19. The molecule has 1 N–H and O–H groups in total. The number of benzene rings is 1. The summed E-state index contributed by atoms with van der Waals surface area (Å²) in [6.07, 6.45) is 3.26. The maximum atomic E-state index is 13.4. The van der Waals surface area contributed by atoms with Crippen molar-refractivity contribution in [3.05, 3.63) is 80.5 Å². The average molecular weight is 470 g/mol. The number of aliphatic imine (C=N–C) groups is 1. The first-order valence-electron chi connectivity index (χ1n) is 10.5. The molecule has 0 aliphatic carbocycles. The third-order valence-corrected chi connectivity index (χ3v) is 5.61. The quantitative estimate of drug-likeness (QED) is 0.345. The number of pyridine rings is 1. The molecule has 0 bridgehead atoms. The number of aromatic amines is 1. The van der Waals surface area contributed by atoms with E-state index in [1.165, 1.54) is 15.3 Å². The molecule has 0 fully saturated rings. The Bertz CT molecular complexity index is 1280. The first-order chi connectivity index (χ1) is 15.9. The van der Waals surface area contributed by atoms with Crippen molar-refractivity contribution in [1.82, 2.24) is 19.2 Å². The van der Waals surface area contributed by atoms with Gasteiger partial charge in [-0.25, -0.2) is 0 Å². The number of rotatable bonds is 11. The van der Waals surface area contributed by atoms with Crippen molar-refractivity contribution in [3.8, 4) is 11.3 Å². The molecule has 0 aliphatic heterocycles. The Morgan fingerprint density at radius 1 is 1.27 bits per heavy atom. The molecule has 33 heavy (non-hydrogen) atoms. The number of fused-ring (bicyclic) bond motifs is 1. The van der Waals surface area contributed by atoms with Gasteiger partial charge in [0.15, 0.2) is 0 Å². The largest absolute Gasteiger partial charge is 0.383 e. The fourth-order valence-corrected chi connectivity index (χ4v) is 3.71. The van der Waals surface area contributed by atoms with E-state index in [-0.39, 0.29) is 17.7 Å². The van der Waals surface area contributed by atoms with Gasteiger partial charge in [-0.2, -0.15) is 0 Å². The molecular formula is C24H28ClN5O3. The Hall–Kier alpha value is -3.20. The third-order valence-electron chi connectivity index (χ3n) is 5.36. The van der Waals surface area contributed by atoms with Crippen LogP contribution in [0.15, 0.2) is 69.3 Å². The van der Waals surface area contributed by atoms with Gasteiger partial charge in [-0.15, -0.1) is 0 Å². The summed E-state index contributed by atoms with van der Waals surface area (Å²) in [5, 5.41) is 4.09. The van der Waals surface area contributed by atoms with Gasteiger partial charge in [0.1, 0.15) is 0 Å². The molecule has 0 aliphatic rings. The number of halogens is 1. The van der Waals surface area contributed by atoms with Crippen molar-refractivity contribution >= 4 is 29.2 Å². The van der Waals surface area contributed by atoms with Gasteiger partial charge in [-0.05, 0) is 37.5 Å². The van der Waals surface area contributed by atoms with Crippen molar-refractivity contribution in [2.24, 2.45) is 4.99 Å². The van der Waals surface area contributed by atoms with Crippen LogP contribution in [0.5, 0.6) is 0 Å². The Labute approximate surface area is 197 Å². The van der Waals surface area contributed by atoms with Gasteiger partial charge in [0.05, 0.1) is 42.0 Å². The molecule has 2 aromatic heterocycles. The van der Waals surface area contributed by atoms with Crippen LogP contribution in [0.25, 0.3) is 22.2 Å². The molecular weight excluding hydrogens is 442 g/mol. The summed E-state index contributed by atoms with van der Waals surface area (Å²) < 4.78 is 8.17. The lowest BCUT2D eigenvalue weighted by molar-refractivity contribution is 0.158. The fourth-order valence-electron chi connectivity index (χ4n) is 3.59. The summed E-state index contributed by atoms with van der Waals surface area (Å²) in [6, 6.07) is 8.48. The predicted octanol–water partition coefficient (Wildman–Crippen LogP) is 3.16. The molecule has 1 aromatic carbocycles. The molecule has 0 saturated heterocycles. The van der Waals surface area contributed by atoms with Gasteiger partial charge in [0.2, 0.25) is 0 Å². The maximum absolute atomic E-state index is 13.4. The minimum atomic E-state index is -0.267. The number of methoxy groups -OCH3 is 1. The molecule has 0 radical (unpaired) electrons. The zero-order valence-corrected chi connectivity index (χ0v) is 19.6. The fraction of sp³-hybridized carbons (Fsp3) is 0.292. The van der Waals surface area contributed by atoms with E-state index in [1.807, 2.05) is 7.05 Å². The monoisotopic (exact) mass is 469 g/mol. The van der Waals surface area contributed by atoms with Crippen LogP contribution in [-0.4, -0.2) is 59.8 Å². The molecule has 0 unspecified atom stereocenters. The van der Waals surface area contributed by atoms with E-state index in [1.54, 1.807) is 43.5 Å². The van der Waals surface area contributed by atoms with Crippen LogP contribution >= 0.6 is 11.6 Å². The maximum Gasteiger partial charge on any atom is 0.276 e. The minimum Gasteiger partial charge on any atom is -0.383 e. The number of ether oxygens (including phenoxy) is 1. The Kier molecular flexibility index (Phi) is 8.21. The average Bonchev–Trinajstić information content (AvgIpc) is 3.11. The normalized spacial score (nSPS) is 11.9. The number of aromatic nitrogens is 3. The lowest BCUT2D eigenvalue weighted by Gasteiger charge is -2.15. The number of allylic oxidation sites excluding steroid dienone is 3. The van der Waals surface area contributed by atoms with Crippen LogP contribution in [0.4, 0.5) is 0 Å². The zero-order valence-electron chi connectivity index (χ0n) is 18.9. The van der Waals surface area contributed by atoms with Gasteiger partial charge >= 0.3 is 0 Å². The zero-order chi connectivity index (χ0) is 24.0. The molecule has 2 heterocycles. The third kappa shape index (κ3) is 5.60. The summed E-state index contributed by atoms with van der Waals surface area (Å²) in [5.41, 5.74) is 1.76. The summed E-state index contributed by atoms with van der Waals surface area (Å²) in [5.74, 6) is 0. The number of hydrogen-bond acceptors (Lipinski definition) is 5. The van der Waals surface area contributed by atoms with Crippen molar-refractivity contribution in [3.63, 3.8) is 0 Å². The van der Waals surface area contributed by atoms with Crippen LogP contribution in [0, 0.1) is 0 Å². The second kappa shape index (κ2) is 11.1. The van der Waals surface area contributed by atoms with E-state index >= 15 is 0 Å². The number of nitrogens with one attached hydrogen (secondary N) is 1. The predicted molar refractivity (Wildman–Crippen MR) is 134 cm³/mol. The first-order valence-corrected chi connectivity index (χ1v) is 10.9. The smallest absolute Gasteiger partial charge is 0.276 e. The van der Waals surface area contributed by atoms with Crippen LogP contribution in [0.3, 0.4) is 0 Å². The molecule has 3 aromatic rings. The second-order valence-corrected chi connectivity index (χ2v) is 8.07. The van der Waals surface area contributed by atoms with Crippen LogP contribution < -0.4 is 11.1 Å². The molecule has 0 atom stereocenters. The van der Waals surface area contributed by atoms with Crippen molar-refractivity contribution in [1.29, 1.82) is 0 Å². The van der Waals surface area contributed by atoms with Crippen molar-refractivity contribution in [2.45, 2.75) is 13.1 Å². The van der Waals surface area contributed by atoms with Crippen LogP contribution in [0.1, 0.15) is 0 Å². The Balaban J connectivity index is 2.17. The van der Waals surface area contributed by atoms with E-state index in [2.05, 4.69) is 28.3 Å². The minimum absolute atomic E-state index is 0.145. The van der Waals surface area contributed by atoms with E-state index in [0.29, 0.717) is 52.6 Å². The number of hydrogen-bond donors (Lipinski definition) is 1. The van der Waals surface area contributed by atoms with Gasteiger partial charge < -0.3 is 14.2 Å². The lowest BCUT2D eigenvalue weighted by atomic mass is 10.1. The van der Waals surface area contributed by atoms with Crippen LogP contribution in [-0.2, 0) is 17.8 Å². The van der Waals surface area contributed by atoms with E-state index < -0.39 is 0 Å². The van der Waals surface area contributed by atoms with Gasteiger partial charge in [-0.1, -0.05) is 36.4 Å². The SMILES string of the molecule is C=C/C=C(/Cn1c(-c2ccc(Cl)cc2)c2c(=O)n(CCN(C)CCOC)[nH]c2cc1=O)N=C. The molecule has 174 valence electrons. The van der Waals surface area contributed by atoms with Crippen LogP contribution in [0.2, 0.25) is 5.02 Å².